The lowest BCUT2D eigenvalue weighted by Crippen LogP contribution is -2.63. The Morgan fingerprint density at radius 2 is 0.711 bits per heavy atom. The van der Waals surface area contributed by atoms with E-state index in [4.69, 9.17) is 52.1 Å². The molecule has 0 radical (unpaired) electrons. The normalized spacial score (nSPS) is 22.0. The molecule has 8 aromatic rings. The molecule has 2 heterocycles. The fourth-order valence-electron chi connectivity index (χ4n) is 9.69. The molecule has 15 nitrogen and oxygen atoms in total. The molecule has 83 heavy (non-hydrogen) atoms. The van der Waals surface area contributed by atoms with E-state index in [9.17, 15) is 19.2 Å². The molecule has 0 unspecified atom stereocenters. The average Bonchev–Trinajstić information content (AvgIpc) is 3.94. The second-order valence-corrected chi connectivity index (χ2v) is 19.7. The van der Waals surface area contributed by atoms with E-state index in [0.29, 0.717) is 0 Å². The van der Waals surface area contributed by atoms with Crippen LogP contribution in [0.5, 0.6) is 0 Å². The standard InChI is InChI=1S/C68H62O15/c69-63(52-33-17-5-18-34-52)76-45-57-59(81-65(71)54-37-21-7-22-38-54)62(82-66(72)55-39-23-8-24-40-55)68(83-57,47-78-64(70)53-35-19-6-20-36-53)79-46-56-58(73-41-48-25-9-1-10-26-48)60(74-42-49-27-11-2-12-28-49)61(75-43-50-29-13-3-14-30-50)67(80-56)77-44-51-31-15-4-16-32-51/h1-40,56-62,67H,41-47H2/t56-,57-,58-,59-,60+,61-,62+,67+,68+/m1/s1. The summed E-state index contributed by atoms with van der Waals surface area (Å²) in [6.07, 6.45) is -9.99. The van der Waals surface area contributed by atoms with Gasteiger partial charge in [0.2, 0.25) is 5.79 Å². The Morgan fingerprint density at radius 3 is 1.16 bits per heavy atom. The molecular weight excluding hydrogens is 1060 g/mol. The van der Waals surface area contributed by atoms with Crippen LogP contribution in [0, 0.1) is 0 Å². The first-order valence-corrected chi connectivity index (χ1v) is 27.3. The van der Waals surface area contributed by atoms with Crippen molar-refractivity contribution in [2.75, 3.05) is 19.8 Å². The smallest absolute Gasteiger partial charge is 0.338 e. The fourth-order valence-corrected chi connectivity index (χ4v) is 9.69. The summed E-state index contributed by atoms with van der Waals surface area (Å²) < 4.78 is 73.5. The van der Waals surface area contributed by atoms with Gasteiger partial charge in [0.25, 0.3) is 0 Å². The molecule has 8 aromatic carbocycles. The zero-order valence-electron chi connectivity index (χ0n) is 45.3. The van der Waals surface area contributed by atoms with E-state index in [1.807, 2.05) is 121 Å². The van der Waals surface area contributed by atoms with Crippen molar-refractivity contribution in [3.05, 3.63) is 287 Å². The summed E-state index contributed by atoms with van der Waals surface area (Å²) in [5.41, 5.74) is 4.13. The molecule has 2 aliphatic rings. The van der Waals surface area contributed by atoms with Crippen LogP contribution in [-0.2, 0) is 78.5 Å². The maximum Gasteiger partial charge on any atom is 0.338 e. The van der Waals surface area contributed by atoms with Crippen molar-refractivity contribution in [3.8, 4) is 0 Å². The van der Waals surface area contributed by atoms with Crippen LogP contribution in [0.15, 0.2) is 243 Å². The molecule has 424 valence electrons. The van der Waals surface area contributed by atoms with Crippen LogP contribution in [0.3, 0.4) is 0 Å². The molecule has 0 aliphatic carbocycles. The molecule has 0 aromatic heterocycles. The molecule has 0 spiro atoms. The highest BCUT2D eigenvalue weighted by molar-refractivity contribution is 5.91. The predicted molar refractivity (Wildman–Crippen MR) is 303 cm³/mol. The number of carbonyl (C=O) groups excluding carboxylic acids is 4. The van der Waals surface area contributed by atoms with E-state index in [1.54, 1.807) is 121 Å². The highest BCUT2D eigenvalue weighted by Gasteiger charge is 2.63. The Hall–Kier alpha value is -8.64. The van der Waals surface area contributed by atoms with Gasteiger partial charge in [-0.25, -0.2) is 19.2 Å². The van der Waals surface area contributed by atoms with Crippen molar-refractivity contribution in [1.29, 1.82) is 0 Å². The number of ether oxygens (including phenoxy) is 11. The van der Waals surface area contributed by atoms with E-state index >= 15 is 0 Å². The van der Waals surface area contributed by atoms with Gasteiger partial charge in [0.1, 0.15) is 43.7 Å². The van der Waals surface area contributed by atoms with Crippen LogP contribution in [0.1, 0.15) is 63.7 Å². The summed E-state index contributed by atoms with van der Waals surface area (Å²) in [6.45, 7) is -1.36. The second kappa shape index (κ2) is 28.9. The summed E-state index contributed by atoms with van der Waals surface area (Å²) >= 11 is 0. The number of carbonyl (C=O) groups is 4. The minimum Gasteiger partial charge on any atom is -0.459 e. The lowest BCUT2D eigenvalue weighted by atomic mass is 9.97. The van der Waals surface area contributed by atoms with Gasteiger partial charge in [0.05, 0.1) is 55.3 Å². The molecule has 0 N–H and O–H groups in total. The highest BCUT2D eigenvalue weighted by Crippen LogP contribution is 2.41. The predicted octanol–water partition coefficient (Wildman–Crippen LogP) is 11.0. The maximum atomic E-state index is 14.6. The van der Waals surface area contributed by atoms with E-state index in [-0.39, 0.29) is 48.7 Å². The SMILES string of the molecule is O=C(OC[C@H]1O[C@](COC(=O)c2ccccc2)(OC[C@H]2O[C@H](OCc3ccccc3)[C@H](OCc3ccccc3)[C@@H](OCc3ccccc3)[C@@H]2OCc2ccccc2)[C@@H](OC(=O)c2ccccc2)[C@@H]1OC(=O)c1ccccc1)c1ccccc1. The van der Waals surface area contributed by atoms with Crippen molar-refractivity contribution in [2.45, 2.75) is 81.2 Å². The van der Waals surface area contributed by atoms with Gasteiger partial charge in [0.15, 0.2) is 18.5 Å². The van der Waals surface area contributed by atoms with Gasteiger partial charge >= 0.3 is 23.9 Å². The topological polar surface area (TPSA) is 170 Å². The van der Waals surface area contributed by atoms with Crippen molar-refractivity contribution >= 4 is 23.9 Å². The molecule has 10 rings (SSSR count). The van der Waals surface area contributed by atoms with E-state index < -0.39 is 98.5 Å². The Balaban J connectivity index is 1.07. The maximum absolute atomic E-state index is 14.6. The van der Waals surface area contributed by atoms with Crippen molar-refractivity contribution < 1.29 is 71.3 Å². The number of benzene rings is 8. The van der Waals surface area contributed by atoms with Crippen LogP contribution in [0.4, 0.5) is 0 Å². The Morgan fingerprint density at radius 1 is 0.349 bits per heavy atom. The summed E-state index contributed by atoms with van der Waals surface area (Å²) in [5, 5.41) is 0. The highest BCUT2D eigenvalue weighted by atomic mass is 16.8. The summed E-state index contributed by atoms with van der Waals surface area (Å²) in [5.74, 6) is -5.59. The van der Waals surface area contributed by atoms with Crippen molar-refractivity contribution in [3.63, 3.8) is 0 Å². The van der Waals surface area contributed by atoms with Crippen molar-refractivity contribution in [1.82, 2.24) is 0 Å². The first-order valence-electron chi connectivity index (χ1n) is 27.3. The van der Waals surface area contributed by atoms with Gasteiger partial charge in [0, 0.05) is 0 Å². The second-order valence-electron chi connectivity index (χ2n) is 19.7. The van der Waals surface area contributed by atoms with Gasteiger partial charge in [-0.2, -0.15) is 0 Å². The van der Waals surface area contributed by atoms with Crippen LogP contribution in [0.25, 0.3) is 0 Å². The van der Waals surface area contributed by atoms with Gasteiger partial charge in [-0.15, -0.1) is 0 Å². The molecule has 15 heteroatoms. The lowest BCUT2D eigenvalue weighted by Gasteiger charge is -2.46. The van der Waals surface area contributed by atoms with E-state index in [1.165, 1.54) is 0 Å². The minimum atomic E-state index is -2.37. The summed E-state index contributed by atoms with van der Waals surface area (Å²) in [7, 11) is 0. The van der Waals surface area contributed by atoms with Gasteiger partial charge in [-0.05, 0) is 70.8 Å². The van der Waals surface area contributed by atoms with Crippen LogP contribution < -0.4 is 0 Å². The summed E-state index contributed by atoms with van der Waals surface area (Å²) in [4.78, 5) is 56.8. The summed E-state index contributed by atoms with van der Waals surface area (Å²) in [6, 6.07) is 71.4. The minimum absolute atomic E-state index is 0.0809. The first kappa shape index (κ1) is 57.6. The number of hydrogen-bond donors (Lipinski definition) is 0. The molecule has 2 aliphatic heterocycles. The lowest BCUT2D eigenvalue weighted by molar-refractivity contribution is -0.346. The van der Waals surface area contributed by atoms with Crippen LogP contribution in [-0.4, -0.2) is 98.5 Å². The average molecular weight is 1120 g/mol. The first-order chi connectivity index (χ1) is 40.8. The molecular formula is C68H62O15. The molecule has 0 amide bonds. The molecule has 0 bridgehead atoms. The third kappa shape index (κ3) is 15.5. The zero-order chi connectivity index (χ0) is 57.1. The number of hydrogen-bond acceptors (Lipinski definition) is 15. The Bertz CT molecular complexity index is 3270. The van der Waals surface area contributed by atoms with E-state index in [2.05, 4.69) is 0 Å². The largest absolute Gasteiger partial charge is 0.459 e. The van der Waals surface area contributed by atoms with Gasteiger partial charge in [-0.1, -0.05) is 194 Å². The molecule has 0 saturated carbocycles. The Kier molecular flexibility index (Phi) is 20.0. The molecule has 2 saturated heterocycles. The van der Waals surface area contributed by atoms with E-state index in [0.717, 1.165) is 22.3 Å². The van der Waals surface area contributed by atoms with Gasteiger partial charge < -0.3 is 52.1 Å². The number of esters is 4. The van der Waals surface area contributed by atoms with Crippen LogP contribution in [0.2, 0.25) is 0 Å². The third-order valence-corrected chi connectivity index (χ3v) is 13.9. The quantitative estimate of drug-likeness (QED) is 0.0391. The molecule has 9 atom stereocenters. The number of rotatable bonds is 25. The fraction of sp³-hybridized carbons (Fsp3) is 0.235. The Labute approximate surface area is 481 Å². The van der Waals surface area contributed by atoms with Crippen LogP contribution >= 0.6 is 0 Å². The molecule has 2 fully saturated rings. The zero-order valence-corrected chi connectivity index (χ0v) is 45.3. The third-order valence-electron chi connectivity index (χ3n) is 13.9. The van der Waals surface area contributed by atoms with Crippen molar-refractivity contribution in [2.24, 2.45) is 0 Å². The van der Waals surface area contributed by atoms with Gasteiger partial charge in [-0.3, -0.25) is 0 Å². The monoisotopic (exact) mass is 1120 g/mol.